The van der Waals surface area contributed by atoms with E-state index in [4.69, 9.17) is 5.11 Å². The van der Waals surface area contributed by atoms with Gasteiger partial charge >= 0.3 is 5.97 Å². The molecule has 0 saturated heterocycles. The summed E-state index contributed by atoms with van der Waals surface area (Å²) in [4.78, 5) is 10.3. The highest BCUT2D eigenvalue weighted by molar-refractivity contribution is 7.95. The third-order valence-electron chi connectivity index (χ3n) is 1.15. The Balaban J connectivity index is 3.10. The molecule has 0 saturated carbocycles. The van der Waals surface area contributed by atoms with Gasteiger partial charge < -0.3 is 5.11 Å². The molecule has 1 N–H and O–H groups in total. The van der Waals surface area contributed by atoms with Gasteiger partial charge in [0.05, 0.1) is 21.5 Å². The molecule has 0 fully saturated rings. The molecule has 5 heteroatoms. The highest BCUT2D eigenvalue weighted by Crippen LogP contribution is 2.08. The van der Waals surface area contributed by atoms with Crippen LogP contribution in [0.4, 0.5) is 0 Å². The lowest BCUT2D eigenvalue weighted by atomic mass is 10.3. The minimum Gasteiger partial charge on any atom is -0.478 e. The summed E-state index contributed by atoms with van der Waals surface area (Å²) in [6.45, 7) is 0. The Hall–Kier alpha value is -1.10. The molecule has 0 aromatic rings. The highest BCUT2D eigenvalue weighted by Gasteiger charge is 2.07. The molecule has 1 aliphatic rings. The zero-order valence-electron chi connectivity index (χ0n) is 5.85. The lowest BCUT2D eigenvalue weighted by Gasteiger charge is -2.00. The molecule has 0 aliphatic carbocycles. The van der Waals surface area contributed by atoms with Gasteiger partial charge in [0.25, 0.3) is 0 Å². The summed E-state index contributed by atoms with van der Waals surface area (Å²) in [5, 5.41) is 9.74. The molecule has 1 rings (SSSR count). The number of rotatable bonds is 1. The van der Waals surface area contributed by atoms with Crippen molar-refractivity contribution in [3.05, 3.63) is 23.3 Å². The van der Waals surface area contributed by atoms with E-state index in [0.717, 1.165) is 6.20 Å². The molecule has 11 heavy (non-hydrogen) atoms. The van der Waals surface area contributed by atoms with Gasteiger partial charge in [0, 0.05) is 11.7 Å². The second-order valence-electron chi connectivity index (χ2n) is 2.16. The number of nitrogens with zero attached hydrogens (tertiary/aromatic N) is 1. The van der Waals surface area contributed by atoms with Crippen molar-refractivity contribution in [2.24, 2.45) is 4.36 Å². The first kappa shape index (κ1) is 8.00. The van der Waals surface area contributed by atoms with Crippen molar-refractivity contribution in [2.75, 3.05) is 6.26 Å². The van der Waals surface area contributed by atoms with Gasteiger partial charge in [0.1, 0.15) is 0 Å². The van der Waals surface area contributed by atoms with E-state index in [2.05, 4.69) is 4.36 Å². The SMILES string of the molecule is C[S@@]1(=O)=NC=C(C(=O)O)C=C1. The van der Waals surface area contributed by atoms with E-state index >= 15 is 0 Å². The van der Waals surface area contributed by atoms with E-state index in [-0.39, 0.29) is 5.57 Å². The summed E-state index contributed by atoms with van der Waals surface area (Å²) in [6, 6.07) is 0. The van der Waals surface area contributed by atoms with Gasteiger partial charge in [-0.3, -0.25) is 0 Å². The molecule has 1 aliphatic heterocycles. The van der Waals surface area contributed by atoms with Crippen LogP contribution >= 0.6 is 0 Å². The van der Waals surface area contributed by atoms with Crippen molar-refractivity contribution < 1.29 is 14.1 Å². The lowest BCUT2D eigenvalue weighted by Crippen LogP contribution is -2.02. The first-order valence-electron chi connectivity index (χ1n) is 2.84. The Morgan fingerprint density at radius 2 is 2.36 bits per heavy atom. The highest BCUT2D eigenvalue weighted by atomic mass is 32.2. The molecule has 1 atom stereocenters. The van der Waals surface area contributed by atoms with Gasteiger partial charge in [-0.1, -0.05) is 0 Å². The number of carboxylic acid groups (broad SMARTS) is 1. The molecular weight excluding hydrogens is 166 g/mol. The van der Waals surface area contributed by atoms with Crippen LogP contribution in [0.25, 0.3) is 0 Å². The molecule has 0 spiro atoms. The Morgan fingerprint density at radius 1 is 1.73 bits per heavy atom. The summed E-state index contributed by atoms with van der Waals surface area (Å²) in [7, 11) is -2.29. The van der Waals surface area contributed by atoms with E-state index in [1.54, 1.807) is 0 Å². The van der Waals surface area contributed by atoms with E-state index in [1.807, 2.05) is 0 Å². The first-order chi connectivity index (χ1) is 5.01. The van der Waals surface area contributed by atoms with Gasteiger partial charge in [-0.25, -0.2) is 13.4 Å². The van der Waals surface area contributed by atoms with E-state index in [9.17, 15) is 9.00 Å². The summed E-state index contributed by atoms with van der Waals surface area (Å²) < 4.78 is 14.6. The fraction of sp³-hybridized carbons (Fsp3) is 0.167. The molecule has 0 unspecified atom stereocenters. The summed E-state index contributed by atoms with van der Waals surface area (Å²) in [5.74, 6) is -1.06. The fourth-order valence-electron chi connectivity index (χ4n) is 0.566. The minimum atomic E-state index is -2.29. The summed E-state index contributed by atoms with van der Waals surface area (Å²) >= 11 is 0. The first-order valence-corrected chi connectivity index (χ1v) is 4.83. The normalized spacial score (nSPS) is 29.0. The second-order valence-corrected chi connectivity index (χ2v) is 4.36. The molecule has 0 aromatic carbocycles. The van der Waals surface area contributed by atoms with Crippen LogP contribution in [0, 0.1) is 0 Å². The number of carbonyl (C=O) groups is 1. The van der Waals surface area contributed by atoms with Gasteiger partial charge in [0.2, 0.25) is 0 Å². The summed E-state index contributed by atoms with van der Waals surface area (Å²) in [5.41, 5.74) is 0.0609. The second kappa shape index (κ2) is 2.50. The van der Waals surface area contributed by atoms with Crippen LogP contribution in [0.15, 0.2) is 27.6 Å². The van der Waals surface area contributed by atoms with Crippen molar-refractivity contribution in [1.29, 1.82) is 0 Å². The maximum Gasteiger partial charge on any atom is 0.337 e. The average molecular weight is 173 g/mol. The maximum absolute atomic E-state index is 11.1. The summed E-state index contributed by atoms with van der Waals surface area (Å²) in [6.07, 6.45) is 3.86. The number of aliphatic carboxylic acids is 1. The van der Waals surface area contributed by atoms with Crippen molar-refractivity contribution in [2.45, 2.75) is 0 Å². The van der Waals surface area contributed by atoms with Crippen LogP contribution in [-0.2, 0) is 14.5 Å². The van der Waals surface area contributed by atoms with E-state index < -0.39 is 15.7 Å². The molecular formula is C6H7NO3S. The maximum atomic E-state index is 11.1. The molecule has 4 nitrogen and oxygen atoms in total. The molecule has 60 valence electrons. The predicted octanol–water partition coefficient (Wildman–Crippen LogP) is 0.580. The molecule has 0 aromatic heterocycles. The quantitative estimate of drug-likeness (QED) is 0.630. The standard InChI is InChI=1S/C6H7NO3S/c1-11(10)3-2-5(4-7-11)6(8)9/h2-4H,1H3,(H,8,9)/t11-/m0/s1. The van der Waals surface area contributed by atoms with Crippen LogP contribution in [-0.4, -0.2) is 21.5 Å². The van der Waals surface area contributed by atoms with Crippen LogP contribution in [0.2, 0.25) is 0 Å². The molecule has 0 amide bonds. The topological polar surface area (TPSA) is 66.7 Å². The Labute approximate surface area is 64.4 Å². The zero-order valence-corrected chi connectivity index (χ0v) is 6.67. The largest absolute Gasteiger partial charge is 0.478 e. The van der Waals surface area contributed by atoms with Crippen molar-refractivity contribution in [1.82, 2.24) is 0 Å². The van der Waals surface area contributed by atoms with Gasteiger partial charge in [-0.15, -0.1) is 0 Å². The number of hydrogen-bond acceptors (Lipinski definition) is 3. The number of carboxylic acids is 1. The minimum absolute atomic E-state index is 0.0609. The smallest absolute Gasteiger partial charge is 0.337 e. The van der Waals surface area contributed by atoms with Crippen molar-refractivity contribution in [3.63, 3.8) is 0 Å². The molecule has 0 bridgehead atoms. The molecule has 1 heterocycles. The third kappa shape index (κ3) is 1.91. The van der Waals surface area contributed by atoms with Crippen LogP contribution in [0.5, 0.6) is 0 Å². The Morgan fingerprint density at radius 3 is 2.73 bits per heavy atom. The van der Waals surface area contributed by atoms with Gasteiger partial charge in [0.15, 0.2) is 0 Å². The van der Waals surface area contributed by atoms with Gasteiger partial charge in [-0.2, -0.15) is 0 Å². The van der Waals surface area contributed by atoms with E-state index in [0.29, 0.717) is 0 Å². The monoisotopic (exact) mass is 173 g/mol. The predicted molar refractivity (Wildman–Crippen MR) is 41.4 cm³/mol. The fourth-order valence-corrected chi connectivity index (χ4v) is 1.36. The van der Waals surface area contributed by atoms with Crippen LogP contribution in [0.1, 0.15) is 0 Å². The van der Waals surface area contributed by atoms with Crippen LogP contribution in [0.3, 0.4) is 0 Å². The van der Waals surface area contributed by atoms with Crippen molar-refractivity contribution >= 4 is 15.7 Å². The van der Waals surface area contributed by atoms with Gasteiger partial charge in [-0.05, 0) is 6.08 Å². The average Bonchev–Trinajstić information content (AvgIpc) is 1.86. The number of hydrogen-bond donors (Lipinski definition) is 1. The van der Waals surface area contributed by atoms with Crippen LogP contribution < -0.4 is 0 Å². The zero-order chi connectivity index (χ0) is 8.48. The lowest BCUT2D eigenvalue weighted by molar-refractivity contribution is -0.132. The van der Waals surface area contributed by atoms with Crippen molar-refractivity contribution in [3.8, 4) is 0 Å². The Bertz CT molecular complexity index is 358. The third-order valence-corrected chi connectivity index (χ3v) is 2.31. The van der Waals surface area contributed by atoms with E-state index in [1.165, 1.54) is 17.7 Å². The Kier molecular flexibility index (Phi) is 1.82. The molecule has 0 radical (unpaired) electrons.